The number of benzene rings is 1. The van der Waals surface area contributed by atoms with Crippen LogP contribution in [0, 0.1) is 11.3 Å². The van der Waals surface area contributed by atoms with Crippen molar-refractivity contribution in [3.63, 3.8) is 0 Å². The lowest BCUT2D eigenvalue weighted by Gasteiger charge is -2.20. The summed E-state index contributed by atoms with van der Waals surface area (Å²) in [5, 5.41) is 2.92. The van der Waals surface area contributed by atoms with Crippen LogP contribution in [-0.2, 0) is 9.05 Å². The van der Waals surface area contributed by atoms with Crippen LogP contribution in [0.2, 0.25) is 0 Å². The van der Waals surface area contributed by atoms with Crippen molar-refractivity contribution in [1.82, 2.24) is 5.32 Å². The molecule has 1 aliphatic rings. The van der Waals surface area contributed by atoms with Gasteiger partial charge in [-0.15, -0.1) is 0 Å². The van der Waals surface area contributed by atoms with E-state index < -0.39 is 9.05 Å². The summed E-state index contributed by atoms with van der Waals surface area (Å²) in [5.41, 5.74) is 0.684. The van der Waals surface area contributed by atoms with Crippen LogP contribution in [0.25, 0.3) is 0 Å². The Morgan fingerprint density at radius 3 is 2.25 bits per heavy atom. The normalized spacial score (nSPS) is 17.0. The summed E-state index contributed by atoms with van der Waals surface area (Å²) in [7, 11) is 1.48. The molecule has 0 bridgehead atoms. The zero-order valence-electron chi connectivity index (χ0n) is 11.5. The molecule has 1 amide bonds. The second-order valence-corrected chi connectivity index (χ2v) is 8.23. The maximum atomic E-state index is 12.0. The van der Waals surface area contributed by atoms with Gasteiger partial charge in [-0.1, -0.05) is 13.8 Å². The molecule has 0 saturated heterocycles. The van der Waals surface area contributed by atoms with Gasteiger partial charge in [-0.2, -0.15) is 0 Å². The van der Waals surface area contributed by atoms with Crippen molar-refractivity contribution in [2.75, 3.05) is 6.54 Å². The first-order chi connectivity index (χ1) is 9.24. The van der Waals surface area contributed by atoms with Crippen LogP contribution in [0.15, 0.2) is 29.2 Å². The van der Waals surface area contributed by atoms with E-state index in [2.05, 4.69) is 19.2 Å². The van der Waals surface area contributed by atoms with E-state index in [0.717, 1.165) is 12.8 Å². The minimum atomic E-state index is -3.74. The lowest BCUT2D eigenvalue weighted by Crippen LogP contribution is -2.32. The summed E-state index contributed by atoms with van der Waals surface area (Å²) in [6.45, 7) is 5.00. The Balaban J connectivity index is 2.00. The van der Waals surface area contributed by atoms with Gasteiger partial charge < -0.3 is 5.32 Å². The minimum Gasteiger partial charge on any atom is -0.351 e. The van der Waals surface area contributed by atoms with Gasteiger partial charge in [-0.25, -0.2) is 8.42 Å². The molecule has 6 heteroatoms. The summed E-state index contributed by atoms with van der Waals surface area (Å²) in [6.07, 6.45) is 2.29. The van der Waals surface area contributed by atoms with Crippen LogP contribution in [0.3, 0.4) is 0 Å². The van der Waals surface area contributed by atoms with Gasteiger partial charge in [0, 0.05) is 22.8 Å². The van der Waals surface area contributed by atoms with Crippen molar-refractivity contribution < 1.29 is 13.2 Å². The van der Waals surface area contributed by atoms with E-state index in [4.69, 9.17) is 10.7 Å². The van der Waals surface area contributed by atoms with E-state index >= 15 is 0 Å². The summed E-state index contributed by atoms with van der Waals surface area (Å²) in [5.74, 6) is 0.363. The highest BCUT2D eigenvalue weighted by molar-refractivity contribution is 8.13. The van der Waals surface area contributed by atoms with Gasteiger partial charge in [-0.05, 0) is 48.4 Å². The van der Waals surface area contributed by atoms with Crippen molar-refractivity contribution in [3.05, 3.63) is 29.8 Å². The molecule has 0 unspecified atom stereocenters. The number of carbonyl (C=O) groups is 1. The highest BCUT2D eigenvalue weighted by Crippen LogP contribution is 2.51. The minimum absolute atomic E-state index is 0.00318. The topological polar surface area (TPSA) is 63.2 Å². The number of nitrogens with one attached hydrogen (secondary N) is 1. The van der Waals surface area contributed by atoms with Gasteiger partial charge in [0.25, 0.3) is 15.0 Å². The summed E-state index contributed by atoms with van der Waals surface area (Å²) in [6, 6.07) is 5.62. The summed E-state index contributed by atoms with van der Waals surface area (Å²) in [4.78, 5) is 12.0. The molecule has 4 nitrogen and oxygen atoms in total. The third-order valence-corrected chi connectivity index (χ3v) is 5.49. The molecule has 20 heavy (non-hydrogen) atoms. The molecule has 1 fully saturated rings. The van der Waals surface area contributed by atoms with Crippen molar-refractivity contribution in [1.29, 1.82) is 0 Å². The fourth-order valence-electron chi connectivity index (χ4n) is 2.25. The van der Waals surface area contributed by atoms with Gasteiger partial charge >= 0.3 is 0 Å². The first kappa shape index (κ1) is 15.3. The van der Waals surface area contributed by atoms with Crippen LogP contribution in [0.5, 0.6) is 0 Å². The van der Waals surface area contributed by atoms with Gasteiger partial charge in [0.1, 0.15) is 0 Å². The number of halogens is 1. The van der Waals surface area contributed by atoms with Crippen molar-refractivity contribution in [2.24, 2.45) is 11.3 Å². The van der Waals surface area contributed by atoms with E-state index in [0.29, 0.717) is 18.0 Å². The van der Waals surface area contributed by atoms with Gasteiger partial charge in [0.15, 0.2) is 0 Å². The SMILES string of the molecule is CC(C)C1(CNC(=O)c2ccc(S(=O)(=O)Cl)cc2)CC1. The highest BCUT2D eigenvalue weighted by Gasteiger charge is 2.45. The third-order valence-electron chi connectivity index (χ3n) is 4.12. The molecule has 0 aromatic heterocycles. The molecule has 1 aromatic carbocycles. The van der Waals surface area contributed by atoms with Gasteiger partial charge in [0.2, 0.25) is 0 Å². The smallest absolute Gasteiger partial charge is 0.261 e. The molecule has 110 valence electrons. The molecule has 2 rings (SSSR count). The lowest BCUT2D eigenvalue weighted by molar-refractivity contribution is 0.0939. The van der Waals surface area contributed by atoms with Crippen LogP contribution >= 0.6 is 10.7 Å². The molecule has 0 heterocycles. The second kappa shape index (κ2) is 5.37. The van der Waals surface area contributed by atoms with Crippen molar-refractivity contribution >= 4 is 25.6 Å². The standard InChI is InChI=1S/C14H18ClNO3S/c1-10(2)14(7-8-14)9-16-13(17)11-3-5-12(6-4-11)20(15,18)19/h3-6,10H,7-9H2,1-2H3,(H,16,17). The number of rotatable bonds is 5. The Labute approximate surface area is 123 Å². The molecule has 0 radical (unpaired) electrons. The van der Waals surface area contributed by atoms with E-state index in [1.165, 1.54) is 24.3 Å². The molecule has 1 aliphatic carbocycles. The fourth-order valence-corrected chi connectivity index (χ4v) is 3.02. The van der Waals surface area contributed by atoms with Crippen LogP contribution in [-0.4, -0.2) is 20.9 Å². The largest absolute Gasteiger partial charge is 0.351 e. The Hall–Kier alpha value is -1.07. The Bertz CT molecular complexity index is 604. The van der Waals surface area contributed by atoms with E-state index in [9.17, 15) is 13.2 Å². The summed E-state index contributed by atoms with van der Waals surface area (Å²) >= 11 is 0. The first-order valence-corrected chi connectivity index (χ1v) is 8.88. The van der Waals surface area contributed by atoms with Gasteiger partial charge in [-0.3, -0.25) is 4.79 Å². The Morgan fingerprint density at radius 1 is 1.30 bits per heavy atom. The van der Waals surface area contributed by atoms with Crippen LogP contribution in [0.1, 0.15) is 37.0 Å². The van der Waals surface area contributed by atoms with Crippen molar-refractivity contribution in [2.45, 2.75) is 31.6 Å². The average molecular weight is 316 g/mol. The number of hydrogen-bond acceptors (Lipinski definition) is 3. The second-order valence-electron chi connectivity index (χ2n) is 5.66. The first-order valence-electron chi connectivity index (χ1n) is 6.57. The molecule has 0 aliphatic heterocycles. The molecule has 1 aromatic rings. The summed E-state index contributed by atoms with van der Waals surface area (Å²) < 4.78 is 22.2. The molecular weight excluding hydrogens is 298 g/mol. The zero-order chi connectivity index (χ0) is 15.0. The van der Waals surface area contributed by atoms with Gasteiger partial charge in [0.05, 0.1) is 4.90 Å². The Morgan fingerprint density at radius 2 is 1.85 bits per heavy atom. The van der Waals surface area contributed by atoms with Crippen LogP contribution in [0.4, 0.5) is 0 Å². The third kappa shape index (κ3) is 3.33. The predicted molar refractivity (Wildman–Crippen MR) is 78.3 cm³/mol. The van der Waals surface area contributed by atoms with Crippen molar-refractivity contribution in [3.8, 4) is 0 Å². The molecular formula is C14H18ClNO3S. The Kier molecular flexibility index (Phi) is 4.12. The molecule has 1 saturated carbocycles. The number of carbonyl (C=O) groups excluding carboxylic acids is 1. The average Bonchev–Trinajstić information content (AvgIpc) is 3.16. The maximum absolute atomic E-state index is 12.0. The quantitative estimate of drug-likeness (QED) is 0.850. The predicted octanol–water partition coefficient (Wildman–Crippen LogP) is 2.78. The fraction of sp³-hybridized carbons (Fsp3) is 0.500. The monoisotopic (exact) mass is 315 g/mol. The van der Waals surface area contributed by atoms with E-state index in [1.54, 1.807) is 0 Å². The maximum Gasteiger partial charge on any atom is 0.261 e. The van der Waals surface area contributed by atoms with E-state index in [-0.39, 0.29) is 16.2 Å². The molecule has 1 N–H and O–H groups in total. The molecule has 0 spiro atoms. The molecule has 0 atom stereocenters. The highest BCUT2D eigenvalue weighted by atomic mass is 35.7. The number of amides is 1. The van der Waals surface area contributed by atoms with Crippen LogP contribution < -0.4 is 5.32 Å². The van der Waals surface area contributed by atoms with E-state index in [1.807, 2.05) is 0 Å². The number of hydrogen-bond donors (Lipinski definition) is 1. The zero-order valence-corrected chi connectivity index (χ0v) is 13.1. The lowest BCUT2D eigenvalue weighted by atomic mass is 9.92.